The zero-order valence-corrected chi connectivity index (χ0v) is 73.0. The van der Waals surface area contributed by atoms with E-state index >= 15 is 0 Å². The molecule has 0 aliphatic carbocycles. The van der Waals surface area contributed by atoms with Gasteiger partial charge in [0.1, 0.15) is 80.3 Å². The Bertz CT molecular complexity index is 4370. The lowest BCUT2D eigenvalue weighted by Crippen LogP contribution is -2.32. The maximum absolute atomic E-state index is 12.2. The second kappa shape index (κ2) is 63.1. The number of aliphatic hydroxyl groups excluding tert-OH is 3. The second-order valence-electron chi connectivity index (χ2n) is 24.7. The Hall–Kier alpha value is -8.89. The molecule has 0 spiro atoms. The minimum absolute atomic E-state index is 0. The summed E-state index contributed by atoms with van der Waals surface area (Å²) in [7, 11) is -9.20. The van der Waals surface area contributed by atoms with Crippen molar-refractivity contribution in [2.75, 3.05) is 144 Å². The van der Waals surface area contributed by atoms with Gasteiger partial charge in [0.05, 0.1) is 108 Å². The SMILES string of the molecule is C.C.CC.CC(=O)OC[C@H](COCCO)OC(C)=O.CCCCc1nc2c(N)nc3cc(OCCO)ccc3c2n1CCC.CCCCc1nc2c(N)nc3cc(OCCOP(=O)(O)OCCOC[C@@H](COC(C)=O)OC(C)=O)ccc3c2n1CCO.CCOCNP(NC)OCCOC[C@@H](COC(C)=O)OC(C)=O.O=S(=O)(On1ccnc1)C(F)(F)F. The third kappa shape index (κ3) is 45.0. The number of ether oxygens (including phenoxy) is 12. The Kier molecular flexibility index (Phi) is 58.5. The number of unbranched alkanes of at least 4 members (excludes halogenated alkanes) is 2. The number of nitrogen functional groups attached to an aromatic ring is 2. The van der Waals surface area contributed by atoms with Crippen LogP contribution in [0.4, 0.5) is 24.8 Å². The number of nitrogens with zero attached hydrogens (tertiary/aromatic N) is 8. The van der Waals surface area contributed by atoms with E-state index in [-0.39, 0.29) is 120 Å². The molecule has 0 amide bonds. The van der Waals surface area contributed by atoms with Gasteiger partial charge in [-0.15, -0.1) is 0 Å². The fourth-order valence-electron chi connectivity index (χ4n) is 10.1. The van der Waals surface area contributed by atoms with Crippen molar-refractivity contribution in [3.8, 4) is 11.5 Å². The Morgan fingerprint density at radius 2 is 1.00 bits per heavy atom. The van der Waals surface area contributed by atoms with Crippen molar-refractivity contribution in [1.82, 2.24) is 49.0 Å². The lowest BCUT2D eigenvalue weighted by molar-refractivity contribution is -0.160. The van der Waals surface area contributed by atoms with Crippen LogP contribution >= 0.6 is 16.3 Å². The summed E-state index contributed by atoms with van der Waals surface area (Å²) in [4.78, 5) is 96.8. The molecule has 5 heterocycles. The molecular weight excluding hydrogens is 1700 g/mol. The largest absolute Gasteiger partial charge is 0.536 e. The van der Waals surface area contributed by atoms with Gasteiger partial charge in [-0.25, -0.2) is 34.6 Å². The first-order chi connectivity index (χ1) is 57.6. The predicted octanol–water partition coefficient (Wildman–Crippen LogP) is 8.31. The Labute approximate surface area is 715 Å². The van der Waals surface area contributed by atoms with Crippen molar-refractivity contribution >= 4 is 118 Å². The number of aromatic nitrogens is 8. The van der Waals surface area contributed by atoms with E-state index in [1.165, 1.54) is 41.5 Å². The maximum Gasteiger partial charge on any atom is 0.536 e. The third-order valence-corrected chi connectivity index (χ3v) is 18.1. The molecule has 0 aliphatic rings. The first-order valence-electron chi connectivity index (χ1n) is 38.5. The molecule has 5 aromatic heterocycles. The number of phosphoric ester groups is 1. The minimum atomic E-state index is -5.60. The third-order valence-electron chi connectivity index (χ3n) is 14.9. The molecule has 2 unspecified atom stereocenters. The van der Waals surface area contributed by atoms with Crippen molar-refractivity contribution in [3.05, 3.63) is 66.8 Å². The monoisotopic (exact) mass is 1820 g/mol. The van der Waals surface area contributed by atoms with Gasteiger partial charge in [-0.05, 0) is 57.5 Å². The van der Waals surface area contributed by atoms with Crippen LogP contribution in [0.1, 0.15) is 142 Å². The van der Waals surface area contributed by atoms with Gasteiger partial charge in [-0.1, -0.05) is 62.3 Å². The number of rotatable bonds is 50. The maximum atomic E-state index is 12.2. The molecule has 0 saturated carbocycles. The number of pyridine rings is 2. The summed E-state index contributed by atoms with van der Waals surface area (Å²) < 4.78 is 152. The number of esters is 6. The van der Waals surface area contributed by atoms with Crippen LogP contribution in [-0.4, -0.2) is 260 Å². The molecule has 7 rings (SSSR count). The number of aryl methyl sites for hydroxylation is 3. The zero-order chi connectivity index (χ0) is 90.5. The second-order valence-corrected chi connectivity index (χ2v) is 29.3. The molecule has 7 aromatic rings. The number of halogens is 3. The summed E-state index contributed by atoms with van der Waals surface area (Å²) in [6.45, 7) is 22.3. The lowest BCUT2D eigenvalue weighted by Gasteiger charge is -2.19. The lowest BCUT2D eigenvalue weighted by atomic mass is 10.1. The minimum Gasteiger partial charge on any atom is -0.491 e. The molecule has 700 valence electrons. The van der Waals surface area contributed by atoms with E-state index in [2.05, 4.69) is 59.5 Å². The van der Waals surface area contributed by atoms with Gasteiger partial charge >= 0.3 is 59.3 Å². The summed E-state index contributed by atoms with van der Waals surface area (Å²) >= 11 is 0. The highest BCUT2D eigenvalue weighted by Gasteiger charge is 2.49. The molecule has 5 atom stereocenters. The Morgan fingerprint density at radius 3 is 1.38 bits per heavy atom. The van der Waals surface area contributed by atoms with E-state index in [4.69, 9.17) is 97.3 Å². The van der Waals surface area contributed by atoms with E-state index in [1.54, 1.807) is 19.2 Å². The van der Waals surface area contributed by atoms with Crippen LogP contribution in [0.3, 0.4) is 0 Å². The van der Waals surface area contributed by atoms with E-state index in [0.29, 0.717) is 66.2 Å². The summed E-state index contributed by atoms with van der Waals surface area (Å²) in [5, 5.41) is 34.9. The molecule has 0 saturated heterocycles. The van der Waals surface area contributed by atoms with Crippen LogP contribution in [0.5, 0.6) is 11.5 Å². The number of nitrogens with two attached hydrogens (primary N) is 2. The summed E-state index contributed by atoms with van der Waals surface area (Å²) in [5.74, 6) is 0.847. The highest BCUT2D eigenvalue weighted by molar-refractivity contribution is 7.87. The van der Waals surface area contributed by atoms with Crippen molar-refractivity contribution < 1.29 is 150 Å². The van der Waals surface area contributed by atoms with Crippen molar-refractivity contribution in [2.24, 2.45) is 0 Å². The number of nitrogens with one attached hydrogen (secondary N) is 2. The number of fused-ring (bicyclic) bond motifs is 6. The molecule has 10 N–H and O–H groups in total. The number of hydrogen-bond acceptors (Lipinski definition) is 37. The number of benzene rings is 2. The number of carbonyl (C=O) groups excluding carboxylic acids is 6. The highest BCUT2D eigenvalue weighted by atomic mass is 32.2. The van der Waals surface area contributed by atoms with Gasteiger partial charge in [0, 0.05) is 103 Å². The number of carbonyl (C=O) groups is 6. The standard InChI is InChI=1S/C27H39N4O11P.C19H26N4O2.C13H27N2O7P.C9H16O6.C4H3F3N2O3S.C2H6.2CH4/c1-4-5-6-24-30-25-26(31(24)9-10-32)22-8-7-20(15-23(22)29-27(25)28)38-12-14-41-43(35,36)40-13-11-37-16-21(42-19(3)34)17-39-18(2)33;1-3-5-6-16-22-17-18(23(16)9-4-2)14-8-7-13(25-11-10-24)12-15(14)21-19(17)20;1-5-18-10-15-23(14-4)21-7-6-19-8-13(22-12(3)17)9-20-11(2)16;1-7(11)14-6-9(15-8(2)12)5-13-4-3-10;5-4(6,7)13(10,11)12-9-2-1-8-3-9;1-2;;/h7-8,15,21,32H,4-6,9-14,16-17H2,1-3H3,(H2,28,29)(H,35,36);7-8,12,24H,3-6,9-11H2,1-2H3,(H2,20,21);13-15H,5-10H2,1-4H3;9-10H,3-6H2,1-2H3;1-3H;1-2H3;2*1H4/t21-;;13-,23?;9-;;;;/m0.00..../s1. The van der Waals surface area contributed by atoms with E-state index in [9.17, 15) is 64.9 Å². The highest BCUT2D eigenvalue weighted by Crippen LogP contribution is 2.43. The van der Waals surface area contributed by atoms with Gasteiger partial charge in [-0.3, -0.25) is 47.2 Å². The normalized spacial score (nSPS) is 12.5. The van der Waals surface area contributed by atoms with Crippen LogP contribution in [0.2, 0.25) is 0 Å². The van der Waals surface area contributed by atoms with Gasteiger partial charge in [0.15, 0.2) is 38.4 Å². The van der Waals surface area contributed by atoms with Gasteiger partial charge < -0.3 is 102 Å². The van der Waals surface area contributed by atoms with E-state index in [0.717, 1.165) is 115 Å². The van der Waals surface area contributed by atoms with E-state index in [1.807, 2.05) is 49.6 Å². The molecule has 0 radical (unpaired) electrons. The number of imidazole rings is 3. The molecule has 2 aromatic carbocycles. The summed E-state index contributed by atoms with van der Waals surface area (Å²) in [6, 6.07) is 11.1. The fourth-order valence-corrected chi connectivity index (χ4v) is 12.0. The molecular formula is C76H125F3N12O29P2S. The van der Waals surface area contributed by atoms with Crippen LogP contribution < -0.4 is 35.4 Å². The predicted molar refractivity (Wildman–Crippen MR) is 450 cm³/mol. The van der Waals surface area contributed by atoms with Crippen LogP contribution in [0, 0.1) is 0 Å². The molecule has 0 fully saturated rings. The molecule has 0 aliphatic heterocycles. The quantitative estimate of drug-likeness (QED) is 0.00443. The average molecular weight is 1820 g/mol. The Balaban J connectivity index is 0.00000160. The Morgan fingerprint density at radius 1 is 0.569 bits per heavy atom. The fraction of sp³-hybridized carbons (Fsp3) is 0.618. The summed E-state index contributed by atoms with van der Waals surface area (Å²) in [5.41, 5.74) is 11.6. The number of anilines is 2. The van der Waals surface area contributed by atoms with Gasteiger partial charge in [-0.2, -0.15) is 26.3 Å². The van der Waals surface area contributed by atoms with E-state index < -0.39 is 86.0 Å². The topological polar surface area (TPSA) is 538 Å². The van der Waals surface area contributed by atoms with Crippen LogP contribution in [0.15, 0.2) is 55.1 Å². The van der Waals surface area contributed by atoms with Crippen molar-refractivity contribution in [3.63, 3.8) is 0 Å². The van der Waals surface area contributed by atoms with Crippen molar-refractivity contribution in [1.29, 1.82) is 0 Å². The van der Waals surface area contributed by atoms with Crippen LogP contribution in [0.25, 0.3) is 43.9 Å². The van der Waals surface area contributed by atoms with Gasteiger partial charge in [0.2, 0.25) is 0 Å². The van der Waals surface area contributed by atoms with Crippen LogP contribution in [-0.2, 0) is 130 Å². The number of aliphatic hydroxyl groups is 3. The number of alkyl halides is 3. The smallest absolute Gasteiger partial charge is 0.491 e. The van der Waals surface area contributed by atoms with Crippen molar-refractivity contribution in [2.45, 2.75) is 180 Å². The molecule has 47 heteroatoms. The van der Waals surface area contributed by atoms with Gasteiger partial charge in [0.25, 0.3) is 0 Å². The first-order valence-corrected chi connectivity index (χ1v) is 42.7. The molecule has 0 bridgehead atoms. The first kappa shape index (κ1) is 114. The number of phosphoric acid groups is 1. The summed E-state index contributed by atoms with van der Waals surface area (Å²) in [6.07, 6.45) is 7.64. The molecule has 41 nitrogen and oxygen atoms in total. The molecule has 123 heavy (non-hydrogen) atoms. The zero-order valence-electron chi connectivity index (χ0n) is 70.4. The number of hydrogen-bond donors (Lipinski definition) is 8. The average Bonchev–Trinajstić information content (AvgIpc) is 1.61.